The molecule has 1 saturated heterocycles. The van der Waals surface area contributed by atoms with Crippen LogP contribution >= 0.6 is 0 Å². The van der Waals surface area contributed by atoms with E-state index in [1.54, 1.807) is 6.92 Å². The van der Waals surface area contributed by atoms with Crippen LogP contribution in [0.25, 0.3) is 0 Å². The highest BCUT2D eigenvalue weighted by Crippen LogP contribution is 2.10. The first kappa shape index (κ1) is 16.8. The predicted molar refractivity (Wildman–Crippen MR) is 77.5 cm³/mol. The number of hydrogen-bond donors (Lipinski definition) is 1. The van der Waals surface area contributed by atoms with Crippen molar-refractivity contribution in [3.05, 3.63) is 0 Å². The summed E-state index contributed by atoms with van der Waals surface area (Å²) in [6, 6.07) is -0.488. The molecule has 0 aliphatic carbocycles. The van der Waals surface area contributed by atoms with Crippen molar-refractivity contribution in [1.82, 2.24) is 15.1 Å². The molecule has 0 aromatic carbocycles. The summed E-state index contributed by atoms with van der Waals surface area (Å²) < 4.78 is 4.88. The minimum Gasteiger partial charge on any atom is -0.450 e. The summed E-state index contributed by atoms with van der Waals surface area (Å²) in [5.74, 6) is 0.332. The first-order chi connectivity index (χ1) is 9.43. The lowest BCUT2D eigenvalue weighted by Crippen LogP contribution is -2.54. The topological polar surface area (TPSA) is 61.9 Å². The third-order valence-electron chi connectivity index (χ3n) is 3.39. The Bertz CT molecular complexity index is 326. The lowest BCUT2D eigenvalue weighted by Gasteiger charge is -2.35. The van der Waals surface area contributed by atoms with Gasteiger partial charge in [-0.2, -0.15) is 0 Å². The van der Waals surface area contributed by atoms with Crippen LogP contribution in [0.2, 0.25) is 0 Å². The molecule has 0 radical (unpaired) electrons. The zero-order valence-corrected chi connectivity index (χ0v) is 13.0. The van der Waals surface area contributed by atoms with Gasteiger partial charge in [0.15, 0.2) is 0 Å². The van der Waals surface area contributed by atoms with Crippen molar-refractivity contribution in [2.24, 2.45) is 5.92 Å². The average molecular weight is 285 g/mol. The maximum Gasteiger partial charge on any atom is 0.407 e. The molecule has 1 rings (SSSR count). The third kappa shape index (κ3) is 5.36. The van der Waals surface area contributed by atoms with Crippen molar-refractivity contribution in [3.8, 4) is 0 Å². The van der Waals surface area contributed by atoms with Gasteiger partial charge in [-0.1, -0.05) is 13.8 Å². The fourth-order valence-corrected chi connectivity index (χ4v) is 2.26. The highest BCUT2D eigenvalue weighted by Gasteiger charge is 2.28. The van der Waals surface area contributed by atoms with Crippen LogP contribution in [0.3, 0.4) is 0 Å². The number of amides is 2. The van der Waals surface area contributed by atoms with Crippen molar-refractivity contribution in [1.29, 1.82) is 0 Å². The Kier molecular flexibility index (Phi) is 6.78. The molecule has 0 spiro atoms. The largest absolute Gasteiger partial charge is 0.450 e. The predicted octanol–water partition coefficient (Wildman–Crippen LogP) is 0.921. The number of hydrogen-bond acceptors (Lipinski definition) is 4. The van der Waals surface area contributed by atoms with E-state index in [4.69, 9.17) is 4.74 Å². The number of carbonyl (C=O) groups is 2. The smallest absolute Gasteiger partial charge is 0.407 e. The molecule has 2 amide bonds. The fraction of sp³-hybridized carbons (Fsp3) is 0.857. The van der Waals surface area contributed by atoms with Crippen LogP contribution in [0.1, 0.15) is 27.2 Å². The third-order valence-corrected chi connectivity index (χ3v) is 3.39. The maximum absolute atomic E-state index is 12.5. The second-order valence-corrected chi connectivity index (χ2v) is 5.68. The Morgan fingerprint density at radius 3 is 2.30 bits per heavy atom. The number of carbonyl (C=O) groups excluding carboxylic acids is 2. The van der Waals surface area contributed by atoms with Crippen LogP contribution in [0.5, 0.6) is 0 Å². The second kappa shape index (κ2) is 8.09. The van der Waals surface area contributed by atoms with Gasteiger partial charge in [0, 0.05) is 26.2 Å². The van der Waals surface area contributed by atoms with Crippen molar-refractivity contribution in [2.75, 3.05) is 39.8 Å². The number of likely N-dealkylation sites (N-methyl/N-ethyl adjacent to an activating group) is 1. The van der Waals surface area contributed by atoms with Gasteiger partial charge in [0.1, 0.15) is 6.04 Å². The fourth-order valence-electron chi connectivity index (χ4n) is 2.26. The van der Waals surface area contributed by atoms with E-state index < -0.39 is 12.1 Å². The van der Waals surface area contributed by atoms with Gasteiger partial charge in [-0.3, -0.25) is 4.79 Å². The van der Waals surface area contributed by atoms with E-state index in [2.05, 4.69) is 10.2 Å². The van der Waals surface area contributed by atoms with Gasteiger partial charge < -0.3 is 19.9 Å². The molecule has 1 atom stereocenters. The molecule has 1 aliphatic heterocycles. The molecule has 0 bridgehead atoms. The summed E-state index contributed by atoms with van der Waals surface area (Å²) in [5.41, 5.74) is 0. The average Bonchev–Trinajstić information content (AvgIpc) is 2.38. The van der Waals surface area contributed by atoms with Crippen LogP contribution in [-0.4, -0.2) is 67.7 Å². The Balaban J connectivity index is 2.61. The highest BCUT2D eigenvalue weighted by atomic mass is 16.5. The quantitative estimate of drug-likeness (QED) is 0.816. The van der Waals surface area contributed by atoms with E-state index >= 15 is 0 Å². The standard InChI is InChI=1S/C14H27N3O3/c1-5-20-14(19)15-12(10-11(2)3)13(18)17-8-6-16(4)7-9-17/h11-12H,5-10H2,1-4H3,(H,15,19)/t12-/m0/s1. The Hall–Kier alpha value is -1.30. The molecule has 0 aromatic heterocycles. The first-order valence-electron chi connectivity index (χ1n) is 7.34. The molecule has 0 aromatic rings. The van der Waals surface area contributed by atoms with Gasteiger partial charge in [-0.15, -0.1) is 0 Å². The van der Waals surface area contributed by atoms with Crippen LogP contribution in [-0.2, 0) is 9.53 Å². The van der Waals surface area contributed by atoms with E-state index in [1.165, 1.54) is 0 Å². The van der Waals surface area contributed by atoms with Gasteiger partial charge >= 0.3 is 6.09 Å². The zero-order chi connectivity index (χ0) is 15.1. The SMILES string of the molecule is CCOC(=O)N[C@@H](CC(C)C)C(=O)N1CCN(C)CC1. The minimum atomic E-state index is -0.513. The van der Waals surface area contributed by atoms with Gasteiger partial charge in [0.2, 0.25) is 5.91 Å². The molecular formula is C14H27N3O3. The van der Waals surface area contributed by atoms with Crippen LogP contribution < -0.4 is 5.32 Å². The van der Waals surface area contributed by atoms with Crippen LogP contribution in [0.15, 0.2) is 0 Å². The van der Waals surface area contributed by atoms with Crippen LogP contribution in [0, 0.1) is 5.92 Å². The normalized spacial score (nSPS) is 17.9. The molecule has 6 nitrogen and oxygen atoms in total. The molecule has 116 valence electrons. The summed E-state index contributed by atoms with van der Waals surface area (Å²) in [6.07, 6.45) is 0.116. The number of nitrogens with zero attached hydrogens (tertiary/aromatic N) is 2. The van der Waals surface area contributed by atoms with Crippen molar-refractivity contribution >= 4 is 12.0 Å². The Morgan fingerprint density at radius 1 is 1.20 bits per heavy atom. The lowest BCUT2D eigenvalue weighted by atomic mass is 10.0. The summed E-state index contributed by atoms with van der Waals surface area (Å²) >= 11 is 0. The van der Waals surface area contributed by atoms with E-state index in [9.17, 15) is 9.59 Å². The van der Waals surface area contributed by atoms with E-state index in [1.807, 2.05) is 25.8 Å². The van der Waals surface area contributed by atoms with Gasteiger partial charge in [0.05, 0.1) is 6.61 Å². The molecule has 6 heteroatoms. The molecule has 20 heavy (non-hydrogen) atoms. The number of rotatable bonds is 5. The summed E-state index contributed by atoms with van der Waals surface area (Å²) in [6.45, 7) is 9.32. The second-order valence-electron chi connectivity index (χ2n) is 5.68. The Morgan fingerprint density at radius 2 is 1.80 bits per heavy atom. The van der Waals surface area contributed by atoms with E-state index in [0.717, 1.165) is 13.1 Å². The van der Waals surface area contributed by atoms with Crippen molar-refractivity contribution in [3.63, 3.8) is 0 Å². The molecule has 0 saturated carbocycles. The van der Waals surface area contributed by atoms with Crippen molar-refractivity contribution in [2.45, 2.75) is 33.2 Å². The van der Waals surface area contributed by atoms with E-state index in [-0.39, 0.29) is 5.91 Å². The lowest BCUT2D eigenvalue weighted by molar-refractivity contribution is -0.135. The molecule has 1 heterocycles. The first-order valence-corrected chi connectivity index (χ1v) is 7.34. The summed E-state index contributed by atoms with van der Waals surface area (Å²) in [4.78, 5) is 28.1. The molecule has 1 N–H and O–H groups in total. The molecule has 1 fully saturated rings. The molecule has 0 unspecified atom stereocenters. The monoisotopic (exact) mass is 285 g/mol. The summed E-state index contributed by atoms with van der Waals surface area (Å²) in [7, 11) is 2.05. The maximum atomic E-state index is 12.5. The highest BCUT2D eigenvalue weighted by molar-refractivity contribution is 5.85. The van der Waals surface area contributed by atoms with Gasteiger partial charge in [-0.25, -0.2) is 4.79 Å². The van der Waals surface area contributed by atoms with Gasteiger partial charge in [0.25, 0.3) is 0 Å². The van der Waals surface area contributed by atoms with E-state index in [0.29, 0.717) is 32.0 Å². The molecular weight excluding hydrogens is 258 g/mol. The molecule has 1 aliphatic rings. The number of nitrogens with one attached hydrogen (secondary N) is 1. The number of alkyl carbamates (subject to hydrolysis) is 1. The summed E-state index contributed by atoms with van der Waals surface area (Å²) in [5, 5.41) is 2.69. The Labute approximate surface area is 121 Å². The minimum absolute atomic E-state index is 0.000136. The van der Waals surface area contributed by atoms with Gasteiger partial charge in [-0.05, 0) is 26.3 Å². The zero-order valence-electron chi connectivity index (χ0n) is 13.0. The number of piperazine rings is 1. The number of ether oxygens (including phenoxy) is 1. The van der Waals surface area contributed by atoms with Crippen LogP contribution in [0.4, 0.5) is 4.79 Å². The van der Waals surface area contributed by atoms with Crippen molar-refractivity contribution < 1.29 is 14.3 Å².